The van der Waals surface area contributed by atoms with Crippen molar-refractivity contribution < 1.29 is 14.5 Å². The maximum Gasteiger partial charge on any atom is 0.304 e. The molecule has 7 nitrogen and oxygen atoms in total. The summed E-state index contributed by atoms with van der Waals surface area (Å²) in [6.07, 6.45) is 0. The molecule has 1 amide bonds. The predicted octanol–water partition coefficient (Wildman–Crippen LogP) is 2.04. The number of carbonyl (C=O) groups is 2. The number of hydrogen-bond donors (Lipinski definition) is 1. The van der Waals surface area contributed by atoms with Crippen LogP contribution in [0.25, 0.3) is 0 Å². The van der Waals surface area contributed by atoms with E-state index in [-0.39, 0.29) is 22.6 Å². The van der Waals surface area contributed by atoms with Crippen LogP contribution < -0.4 is 10.6 Å². The smallest absolute Gasteiger partial charge is 0.304 e. The summed E-state index contributed by atoms with van der Waals surface area (Å²) in [7, 11) is 0. The lowest BCUT2D eigenvalue weighted by Crippen LogP contribution is -2.25. The molecule has 1 aliphatic rings. The van der Waals surface area contributed by atoms with Crippen molar-refractivity contribution >= 4 is 34.4 Å². The summed E-state index contributed by atoms with van der Waals surface area (Å²) in [5.41, 5.74) is 6.01. The Morgan fingerprint density at radius 3 is 2.48 bits per heavy atom. The third-order valence-electron chi connectivity index (χ3n) is 3.22. The van der Waals surface area contributed by atoms with E-state index in [1.165, 1.54) is 18.2 Å². The van der Waals surface area contributed by atoms with Gasteiger partial charge in [0.15, 0.2) is 0 Å². The number of fused-ring (bicyclic) bond motifs is 1. The van der Waals surface area contributed by atoms with Crippen molar-refractivity contribution in [2.45, 2.75) is 0 Å². The molecule has 7 heteroatoms. The molecule has 0 aromatic heterocycles. The first-order valence-corrected chi connectivity index (χ1v) is 6.02. The highest BCUT2D eigenvalue weighted by atomic mass is 16.6. The third-order valence-corrected chi connectivity index (χ3v) is 3.22. The lowest BCUT2D eigenvalue weighted by atomic mass is 10.1. The highest BCUT2D eigenvalue weighted by Crippen LogP contribution is 2.40. The van der Waals surface area contributed by atoms with Gasteiger partial charge >= 0.3 is 5.91 Å². The normalized spacial score (nSPS) is 13.4. The average Bonchev–Trinajstić information content (AvgIpc) is 2.72. The number of para-hydroxylation sites is 1. The molecule has 0 unspecified atom stereocenters. The number of carbonyl (C=O) groups excluding carboxylic acids is 2. The second-order valence-corrected chi connectivity index (χ2v) is 4.49. The average molecular weight is 283 g/mol. The summed E-state index contributed by atoms with van der Waals surface area (Å²) < 4.78 is 0. The summed E-state index contributed by atoms with van der Waals surface area (Å²) in [5, 5.41) is 11.2. The van der Waals surface area contributed by atoms with Gasteiger partial charge in [-0.15, -0.1) is 0 Å². The minimum atomic E-state index is -0.816. The SMILES string of the molecule is Nc1ccc(N2C(=O)C(=O)c3ccccc32)c([N+](=O)[O-])c1. The Morgan fingerprint density at radius 2 is 1.76 bits per heavy atom. The molecule has 0 atom stereocenters. The van der Waals surface area contributed by atoms with E-state index in [2.05, 4.69) is 0 Å². The fourth-order valence-corrected chi connectivity index (χ4v) is 2.30. The molecule has 2 aromatic carbocycles. The van der Waals surface area contributed by atoms with Crippen LogP contribution in [0.2, 0.25) is 0 Å². The van der Waals surface area contributed by atoms with Crippen LogP contribution in [0.1, 0.15) is 10.4 Å². The van der Waals surface area contributed by atoms with Crippen LogP contribution in [0.4, 0.5) is 22.7 Å². The molecule has 1 aliphatic heterocycles. The van der Waals surface area contributed by atoms with E-state index >= 15 is 0 Å². The lowest BCUT2D eigenvalue weighted by molar-refractivity contribution is -0.384. The van der Waals surface area contributed by atoms with Gasteiger partial charge in [0.05, 0.1) is 16.2 Å². The maximum atomic E-state index is 12.1. The fraction of sp³-hybridized carbons (Fsp3) is 0. The van der Waals surface area contributed by atoms with E-state index in [1.54, 1.807) is 18.2 Å². The zero-order valence-corrected chi connectivity index (χ0v) is 10.6. The topological polar surface area (TPSA) is 107 Å². The largest absolute Gasteiger partial charge is 0.399 e. The summed E-state index contributed by atoms with van der Waals surface area (Å²) in [6.45, 7) is 0. The Hall–Kier alpha value is -3.22. The minimum absolute atomic E-state index is 0.0255. The molecule has 0 fully saturated rings. The van der Waals surface area contributed by atoms with E-state index in [9.17, 15) is 19.7 Å². The van der Waals surface area contributed by atoms with Gasteiger partial charge in [-0.3, -0.25) is 24.6 Å². The number of nitrogens with two attached hydrogens (primary N) is 1. The van der Waals surface area contributed by atoms with Crippen LogP contribution in [0.3, 0.4) is 0 Å². The fourth-order valence-electron chi connectivity index (χ4n) is 2.30. The van der Waals surface area contributed by atoms with Crippen molar-refractivity contribution in [1.82, 2.24) is 0 Å². The van der Waals surface area contributed by atoms with Crippen molar-refractivity contribution in [1.29, 1.82) is 0 Å². The number of nitro benzene ring substituents is 1. The van der Waals surface area contributed by atoms with Crippen LogP contribution in [-0.2, 0) is 4.79 Å². The van der Waals surface area contributed by atoms with Gasteiger partial charge < -0.3 is 5.73 Å². The quantitative estimate of drug-likeness (QED) is 0.393. The molecule has 0 saturated heterocycles. The molecule has 2 N–H and O–H groups in total. The van der Waals surface area contributed by atoms with Crippen LogP contribution in [-0.4, -0.2) is 16.6 Å². The summed E-state index contributed by atoms with van der Waals surface area (Å²) in [5.74, 6) is -1.50. The molecule has 0 radical (unpaired) electrons. The Kier molecular flexibility index (Phi) is 2.69. The number of hydrogen-bond acceptors (Lipinski definition) is 5. The molecule has 21 heavy (non-hydrogen) atoms. The van der Waals surface area contributed by atoms with Gasteiger partial charge in [0, 0.05) is 11.8 Å². The molecule has 0 saturated carbocycles. The monoisotopic (exact) mass is 283 g/mol. The van der Waals surface area contributed by atoms with Gasteiger partial charge in [0.2, 0.25) is 0 Å². The number of Topliss-reactive ketones (excluding diaryl/α,β-unsaturated/α-hetero) is 1. The first kappa shape index (κ1) is 12.8. The molecule has 104 valence electrons. The van der Waals surface area contributed by atoms with Gasteiger partial charge in [0.25, 0.3) is 11.5 Å². The number of nitro groups is 1. The first-order chi connectivity index (χ1) is 10.0. The second-order valence-electron chi connectivity index (χ2n) is 4.49. The van der Waals surface area contributed by atoms with Gasteiger partial charge in [-0.05, 0) is 24.3 Å². The highest BCUT2D eigenvalue weighted by molar-refractivity contribution is 6.53. The standard InChI is InChI=1S/C14H9N3O4/c15-8-5-6-11(12(7-8)17(20)21)16-10-4-2-1-3-9(10)13(18)14(16)19/h1-7H,15H2. The molecular weight excluding hydrogens is 274 g/mol. The van der Waals surface area contributed by atoms with Crippen LogP contribution in [0.15, 0.2) is 42.5 Å². The van der Waals surface area contributed by atoms with Gasteiger partial charge in [-0.25, -0.2) is 0 Å². The number of nitrogens with zero attached hydrogens (tertiary/aromatic N) is 2. The van der Waals surface area contributed by atoms with Gasteiger partial charge in [-0.2, -0.15) is 0 Å². The Labute approximate surface area is 118 Å². The molecular formula is C14H9N3O4. The number of benzene rings is 2. The Morgan fingerprint density at radius 1 is 1.05 bits per heavy atom. The van der Waals surface area contributed by atoms with Gasteiger partial charge in [0.1, 0.15) is 5.69 Å². The van der Waals surface area contributed by atoms with Crippen LogP contribution >= 0.6 is 0 Å². The third kappa shape index (κ3) is 1.83. The second kappa shape index (κ2) is 4.41. The molecule has 0 bridgehead atoms. The molecule has 0 aliphatic carbocycles. The predicted molar refractivity (Wildman–Crippen MR) is 75.4 cm³/mol. The van der Waals surface area contributed by atoms with Crippen LogP contribution in [0.5, 0.6) is 0 Å². The Bertz CT molecular complexity index is 801. The number of ketones is 1. The van der Waals surface area contributed by atoms with Crippen molar-refractivity contribution in [3.8, 4) is 0 Å². The van der Waals surface area contributed by atoms with E-state index < -0.39 is 16.6 Å². The number of amides is 1. The van der Waals surface area contributed by atoms with Crippen molar-refractivity contribution in [2.24, 2.45) is 0 Å². The number of anilines is 3. The van der Waals surface area contributed by atoms with Crippen molar-refractivity contribution in [2.75, 3.05) is 10.6 Å². The molecule has 3 rings (SSSR count). The van der Waals surface area contributed by atoms with E-state index in [0.29, 0.717) is 5.69 Å². The minimum Gasteiger partial charge on any atom is -0.399 e. The zero-order valence-electron chi connectivity index (χ0n) is 10.6. The van der Waals surface area contributed by atoms with Gasteiger partial charge in [-0.1, -0.05) is 12.1 Å². The molecule has 1 heterocycles. The maximum absolute atomic E-state index is 12.1. The first-order valence-electron chi connectivity index (χ1n) is 6.02. The summed E-state index contributed by atoms with van der Waals surface area (Å²) >= 11 is 0. The van der Waals surface area contributed by atoms with Crippen molar-refractivity contribution in [3.05, 3.63) is 58.1 Å². The van der Waals surface area contributed by atoms with Crippen molar-refractivity contribution in [3.63, 3.8) is 0 Å². The number of nitrogen functional groups attached to an aromatic ring is 1. The Balaban J connectivity index is 2.25. The lowest BCUT2D eigenvalue weighted by Gasteiger charge is -2.16. The highest BCUT2D eigenvalue weighted by Gasteiger charge is 2.39. The van der Waals surface area contributed by atoms with E-state index in [1.807, 2.05) is 0 Å². The van der Waals surface area contributed by atoms with Crippen LogP contribution in [0, 0.1) is 10.1 Å². The summed E-state index contributed by atoms with van der Waals surface area (Å²) in [6, 6.07) is 10.3. The number of rotatable bonds is 2. The summed E-state index contributed by atoms with van der Waals surface area (Å²) in [4.78, 5) is 35.7. The molecule has 2 aromatic rings. The molecule has 0 spiro atoms. The van der Waals surface area contributed by atoms with E-state index in [0.717, 1.165) is 11.0 Å². The zero-order chi connectivity index (χ0) is 15.1. The van der Waals surface area contributed by atoms with E-state index in [4.69, 9.17) is 5.73 Å².